The number of hydrogen-bond acceptors (Lipinski definition) is 4. The van der Waals surface area contributed by atoms with Crippen molar-refractivity contribution in [3.8, 4) is 5.75 Å². The summed E-state index contributed by atoms with van der Waals surface area (Å²) in [4.78, 5) is 26.5. The molecule has 0 saturated heterocycles. The van der Waals surface area contributed by atoms with Crippen molar-refractivity contribution in [1.29, 1.82) is 0 Å². The lowest BCUT2D eigenvalue weighted by Gasteiger charge is -2.39. The molecule has 2 fully saturated rings. The summed E-state index contributed by atoms with van der Waals surface area (Å²) < 4.78 is 13.9. The highest BCUT2D eigenvalue weighted by Gasteiger charge is 2.56. The lowest BCUT2D eigenvalue weighted by atomic mass is 9.63. The molecule has 1 aliphatic heterocycles. The lowest BCUT2D eigenvalue weighted by Crippen LogP contribution is -2.39. The van der Waals surface area contributed by atoms with E-state index in [1.165, 1.54) is 24.8 Å². The van der Waals surface area contributed by atoms with E-state index in [0.717, 1.165) is 51.9 Å². The monoisotopic (exact) mass is 529 g/mol. The fourth-order valence-electron chi connectivity index (χ4n) is 7.41. The van der Waals surface area contributed by atoms with Crippen LogP contribution >= 0.6 is 0 Å². The molecule has 1 aromatic carbocycles. The Morgan fingerprint density at radius 3 is 2.54 bits per heavy atom. The summed E-state index contributed by atoms with van der Waals surface area (Å²) in [7, 11) is 1.69. The average molecular weight is 530 g/mol. The topological polar surface area (TPSA) is 77.8 Å². The van der Waals surface area contributed by atoms with Crippen molar-refractivity contribution in [1.82, 2.24) is 4.57 Å². The van der Waals surface area contributed by atoms with Gasteiger partial charge in [0.2, 0.25) is 0 Å². The third-order valence-corrected chi connectivity index (χ3v) is 9.33. The van der Waals surface area contributed by atoms with Crippen molar-refractivity contribution in [3.63, 3.8) is 0 Å². The fourth-order valence-corrected chi connectivity index (χ4v) is 7.41. The Kier molecular flexibility index (Phi) is 6.09. The van der Waals surface area contributed by atoms with E-state index < -0.39 is 28.8 Å². The van der Waals surface area contributed by atoms with Crippen molar-refractivity contribution < 1.29 is 24.2 Å². The van der Waals surface area contributed by atoms with Crippen LogP contribution in [0.1, 0.15) is 95.7 Å². The van der Waals surface area contributed by atoms with Gasteiger partial charge < -0.3 is 19.1 Å². The molecule has 2 aromatic rings. The molecule has 206 valence electrons. The second-order valence-corrected chi connectivity index (χ2v) is 12.7. The summed E-state index contributed by atoms with van der Waals surface area (Å²) >= 11 is 0. The Balaban J connectivity index is 1.64. The number of carbonyl (C=O) groups is 2. The number of allylic oxidation sites excluding steroid dienone is 3. The van der Waals surface area contributed by atoms with E-state index in [2.05, 4.69) is 35.0 Å². The normalized spacial score (nSPS) is 26.3. The number of carboxylic acid groups (broad SMARTS) is 1. The summed E-state index contributed by atoms with van der Waals surface area (Å²) in [5.74, 6) is -0.692. The summed E-state index contributed by atoms with van der Waals surface area (Å²) in [6.45, 7) is 7.61. The number of methoxy groups -OCH3 is 1. The van der Waals surface area contributed by atoms with Gasteiger partial charge in [-0.15, -0.1) is 0 Å². The van der Waals surface area contributed by atoms with Crippen LogP contribution in [-0.4, -0.2) is 34.3 Å². The van der Waals surface area contributed by atoms with Crippen LogP contribution < -0.4 is 4.74 Å². The smallest absolute Gasteiger partial charge is 0.318 e. The summed E-state index contributed by atoms with van der Waals surface area (Å²) in [5.41, 5.74) is 4.53. The number of aromatic nitrogens is 1. The number of carbonyl (C=O) groups excluding carboxylic acids is 1. The van der Waals surface area contributed by atoms with E-state index in [1.54, 1.807) is 7.11 Å². The molecule has 1 N–H and O–H groups in total. The minimum Gasteiger partial charge on any atom is -0.496 e. The maximum atomic E-state index is 13.4. The van der Waals surface area contributed by atoms with Crippen molar-refractivity contribution in [3.05, 3.63) is 58.3 Å². The quantitative estimate of drug-likeness (QED) is 0.410. The minimum absolute atomic E-state index is 0.267. The van der Waals surface area contributed by atoms with Gasteiger partial charge in [-0.25, -0.2) is 0 Å². The predicted octanol–water partition coefficient (Wildman–Crippen LogP) is 7.34. The van der Waals surface area contributed by atoms with Gasteiger partial charge in [-0.05, 0) is 86.8 Å². The number of ether oxygens (including phenoxy) is 2. The molecule has 6 nitrogen and oxygen atoms in total. The van der Waals surface area contributed by atoms with Crippen molar-refractivity contribution in [2.24, 2.45) is 11.3 Å². The molecule has 2 heterocycles. The summed E-state index contributed by atoms with van der Waals surface area (Å²) in [5, 5.41) is 11.7. The molecule has 6 rings (SSSR count). The van der Waals surface area contributed by atoms with Gasteiger partial charge in [0.15, 0.2) is 0 Å². The second kappa shape index (κ2) is 9.14. The first kappa shape index (κ1) is 26.0. The number of hydrogen-bond donors (Lipinski definition) is 1. The highest BCUT2D eigenvalue weighted by atomic mass is 16.6. The van der Waals surface area contributed by atoms with E-state index in [-0.39, 0.29) is 5.97 Å². The Hall–Kier alpha value is -3.28. The molecular weight excluding hydrogens is 490 g/mol. The number of aliphatic carboxylic acids is 1. The third-order valence-electron chi connectivity index (χ3n) is 9.33. The van der Waals surface area contributed by atoms with Crippen LogP contribution in [0.15, 0.2) is 47.1 Å². The summed E-state index contributed by atoms with van der Waals surface area (Å²) in [6.07, 6.45) is 13.1. The molecular formula is C33H39NO5. The number of esters is 1. The Bertz CT molecular complexity index is 1460. The van der Waals surface area contributed by atoms with E-state index in [1.807, 2.05) is 33.8 Å². The van der Waals surface area contributed by atoms with Crippen LogP contribution in [0.5, 0.6) is 5.75 Å². The first-order valence-corrected chi connectivity index (χ1v) is 14.4. The zero-order valence-corrected chi connectivity index (χ0v) is 23.7. The molecule has 6 heteroatoms. The van der Waals surface area contributed by atoms with Gasteiger partial charge in [-0.1, -0.05) is 44.4 Å². The fraction of sp³-hybridized carbons (Fsp3) is 0.515. The van der Waals surface area contributed by atoms with Gasteiger partial charge in [0.25, 0.3) is 0 Å². The molecule has 3 atom stereocenters. The highest BCUT2D eigenvalue weighted by molar-refractivity contribution is 5.99. The first-order valence-electron chi connectivity index (χ1n) is 14.4. The zero-order chi connectivity index (χ0) is 27.7. The van der Waals surface area contributed by atoms with Crippen molar-refractivity contribution >= 4 is 29.0 Å². The molecule has 39 heavy (non-hydrogen) atoms. The van der Waals surface area contributed by atoms with E-state index >= 15 is 0 Å². The van der Waals surface area contributed by atoms with Crippen LogP contribution in [-0.2, 0) is 14.3 Å². The van der Waals surface area contributed by atoms with Crippen LogP contribution in [0, 0.1) is 11.3 Å². The van der Waals surface area contributed by atoms with Gasteiger partial charge in [0, 0.05) is 23.2 Å². The predicted molar refractivity (Wildman–Crippen MR) is 152 cm³/mol. The van der Waals surface area contributed by atoms with Crippen LogP contribution in [0.3, 0.4) is 0 Å². The van der Waals surface area contributed by atoms with E-state index in [4.69, 9.17) is 9.47 Å². The number of carboxylic acids is 1. The Labute approximate surface area is 230 Å². The molecule has 1 unspecified atom stereocenters. The number of fused-ring (bicyclic) bond motifs is 6. The number of rotatable bonds is 5. The molecule has 0 amide bonds. The molecule has 1 aromatic heterocycles. The Morgan fingerprint density at radius 1 is 1.15 bits per heavy atom. The molecule has 0 bridgehead atoms. The van der Waals surface area contributed by atoms with Gasteiger partial charge in [0.1, 0.15) is 17.3 Å². The standard InChI is InChI=1S/C33H39NO5/c1-6-33(31(36)37)16-10-13-21-26-23(27(26)30(35)39-32(2,3)4)18-34-24(28(21)33)17-22-25(38-5)15-14-20(29(22)34)19-11-8-7-9-12-19/h10,13-15,17-19,27-28H,6-9,11-12,16H2,1-5H3,(H,36,37)/t27?,28-,33+/m1/s1. The maximum absolute atomic E-state index is 13.4. The molecule has 4 aliphatic rings. The second-order valence-electron chi connectivity index (χ2n) is 12.7. The van der Waals surface area contributed by atoms with Crippen molar-refractivity contribution in [2.45, 2.75) is 90.1 Å². The number of benzene rings is 1. The van der Waals surface area contributed by atoms with Gasteiger partial charge in [-0.2, -0.15) is 0 Å². The molecule has 0 radical (unpaired) electrons. The SMILES string of the molecule is CC[C@]1(C(=O)O)CC=CC2=C3C(=Cn4c(cc5c(OC)ccc(C6CCCCC6)c54)[C@@H]21)C3C(=O)OC(C)(C)C. The van der Waals surface area contributed by atoms with E-state index in [0.29, 0.717) is 18.8 Å². The first-order chi connectivity index (χ1) is 18.6. The van der Waals surface area contributed by atoms with E-state index in [9.17, 15) is 14.7 Å². The van der Waals surface area contributed by atoms with Crippen LogP contribution in [0.2, 0.25) is 0 Å². The average Bonchev–Trinajstić information content (AvgIpc) is 3.54. The van der Waals surface area contributed by atoms with Gasteiger partial charge >= 0.3 is 11.9 Å². The van der Waals surface area contributed by atoms with Crippen molar-refractivity contribution in [2.75, 3.05) is 7.11 Å². The zero-order valence-electron chi connectivity index (χ0n) is 23.7. The molecule has 0 spiro atoms. The lowest BCUT2D eigenvalue weighted by molar-refractivity contribution is -0.155. The highest BCUT2D eigenvalue weighted by Crippen LogP contribution is 2.61. The molecule has 3 aliphatic carbocycles. The Morgan fingerprint density at radius 2 is 1.90 bits per heavy atom. The minimum atomic E-state index is -1.01. The summed E-state index contributed by atoms with van der Waals surface area (Å²) in [6, 6.07) is 6.42. The van der Waals surface area contributed by atoms with Gasteiger partial charge in [-0.3, -0.25) is 9.59 Å². The maximum Gasteiger partial charge on any atom is 0.318 e. The molecule has 2 saturated carbocycles. The van der Waals surface area contributed by atoms with Crippen LogP contribution in [0.25, 0.3) is 17.1 Å². The largest absolute Gasteiger partial charge is 0.496 e. The number of nitrogens with zero attached hydrogens (tertiary/aromatic N) is 1. The third kappa shape index (κ3) is 3.97. The van der Waals surface area contributed by atoms with Crippen LogP contribution in [0.4, 0.5) is 0 Å². The van der Waals surface area contributed by atoms with Gasteiger partial charge in [0.05, 0.1) is 18.0 Å².